The standard InChI is InChI=1S/C14H22N2O2.2ClH/c17-11-9-15-5-7-16(8-6-15,10-12-18)14-4-2-1-3-13(14)15;;/h1-4,17-18H,5-12H2;2*1H/q+2;;/p-2. The lowest BCUT2D eigenvalue weighted by Gasteiger charge is -2.54. The van der Waals surface area contributed by atoms with E-state index in [-0.39, 0.29) is 38.0 Å². The fraction of sp³-hybridized carbons (Fsp3) is 0.571. The molecule has 0 aliphatic carbocycles. The largest absolute Gasteiger partial charge is 1.00 e. The molecule has 20 heavy (non-hydrogen) atoms. The van der Waals surface area contributed by atoms with E-state index in [0.29, 0.717) is 0 Å². The Morgan fingerprint density at radius 3 is 1.40 bits per heavy atom. The van der Waals surface area contributed by atoms with Crippen LogP contribution in [0.3, 0.4) is 0 Å². The maximum atomic E-state index is 9.36. The highest BCUT2D eigenvalue weighted by atomic mass is 35.5. The zero-order valence-electron chi connectivity index (χ0n) is 11.5. The van der Waals surface area contributed by atoms with Gasteiger partial charge in [0.1, 0.15) is 39.3 Å². The molecule has 0 saturated carbocycles. The van der Waals surface area contributed by atoms with Crippen molar-refractivity contribution in [2.75, 3.05) is 52.5 Å². The molecule has 2 bridgehead atoms. The van der Waals surface area contributed by atoms with E-state index in [4.69, 9.17) is 0 Å². The Balaban J connectivity index is 0.000001000. The molecule has 114 valence electrons. The summed E-state index contributed by atoms with van der Waals surface area (Å²) in [6, 6.07) is 8.59. The number of benzene rings is 1. The van der Waals surface area contributed by atoms with Gasteiger partial charge in [0.15, 0.2) is 11.4 Å². The Labute approximate surface area is 132 Å². The fourth-order valence-electron chi connectivity index (χ4n) is 3.81. The second-order valence-corrected chi connectivity index (χ2v) is 5.57. The molecule has 1 saturated heterocycles. The predicted molar refractivity (Wildman–Crippen MR) is 73.4 cm³/mol. The van der Waals surface area contributed by atoms with E-state index < -0.39 is 0 Å². The van der Waals surface area contributed by atoms with Crippen LogP contribution in [-0.4, -0.2) is 62.7 Å². The van der Waals surface area contributed by atoms with Crippen molar-refractivity contribution in [1.82, 2.24) is 8.97 Å². The number of hydrogen-bond donors (Lipinski definition) is 2. The van der Waals surface area contributed by atoms with Crippen molar-refractivity contribution < 1.29 is 35.0 Å². The van der Waals surface area contributed by atoms with Crippen molar-refractivity contribution in [1.29, 1.82) is 0 Å². The summed E-state index contributed by atoms with van der Waals surface area (Å²) in [5.41, 5.74) is 2.72. The molecule has 0 unspecified atom stereocenters. The minimum absolute atomic E-state index is 0. The first-order valence-electron chi connectivity index (χ1n) is 6.80. The number of aliphatic hydroxyl groups is 2. The SMILES string of the molecule is OCC[N+]12CC[N+](CCO)(CC1)c1ccccc12.[Cl-].[Cl-]. The molecule has 4 rings (SSSR count). The number of aliphatic hydroxyl groups excluding tert-OH is 2. The van der Waals surface area contributed by atoms with Crippen LogP contribution in [-0.2, 0) is 0 Å². The van der Waals surface area contributed by atoms with Crippen molar-refractivity contribution in [3.8, 4) is 0 Å². The lowest BCUT2D eigenvalue weighted by Crippen LogP contribution is -3.00. The van der Waals surface area contributed by atoms with E-state index in [1.807, 2.05) is 0 Å². The van der Waals surface area contributed by atoms with Crippen LogP contribution < -0.4 is 33.8 Å². The van der Waals surface area contributed by atoms with Gasteiger partial charge in [-0.2, -0.15) is 0 Å². The highest BCUT2D eigenvalue weighted by molar-refractivity contribution is 5.70. The molecule has 0 aromatic heterocycles. The van der Waals surface area contributed by atoms with Crippen molar-refractivity contribution in [3.05, 3.63) is 24.3 Å². The number of piperazine rings is 1. The molecular weight excluding hydrogens is 299 g/mol. The smallest absolute Gasteiger partial charge is 0.194 e. The van der Waals surface area contributed by atoms with Crippen molar-refractivity contribution in [2.24, 2.45) is 0 Å². The van der Waals surface area contributed by atoms with Crippen LogP contribution in [0.1, 0.15) is 0 Å². The van der Waals surface area contributed by atoms with Gasteiger partial charge < -0.3 is 35.0 Å². The summed E-state index contributed by atoms with van der Waals surface area (Å²) >= 11 is 0. The zero-order valence-corrected chi connectivity index (χ0v) is 13.0. The minimum atomic E-state index is 0. The zero-order chi connectivity index (χ0) is 12.6. The lowest BCUT2D eigenvalue weighted by atomic mass is 10.00. The van der Waals surface area contributed by atoms with Gasteiger partial charge in [0, 0.05) is 12.1 Å². The molecule has 3 heterocycles. The Morgan fingerprint density at radius 1 is 0.750 bits per heavy atom. The van der Waals surface area contributed by atoms with Crippen LogP contribution in [0.15, 0.2) is 24.3 Å². The number of nitrogens with zero attached hydrogens (tertiary/aromatic N) is 2. The molecule has 0 amide bonds. The van der Waals surface area contributed by atoms with Crippen LogP contribution in [0.5, 0.6) is 0 Å². The predicted octanol–water partition coefficient (Wildman–Crippen LogP) is -5.68. The van der Waals surface area contributed by atoms with Gasteiger partial charge in [0.05, 0.1) is 13.2 Å². The summed E-state index contributed by atoms with van der Waals surface area (Å²) in [6.45, 7) is 6.44. The molecule has 1 fully saturated rings. The first-order chi connectivity index (χ1) is 8.76. The maximum absolute atomic E-state index is 9.36. The second kappa shape index (κ2) is 6.60. The van der Waals surface area contributed by atoms with Gasteiger partial charge >= 0.3 is 0 Å². The number of quaternary nitrogens is 2. The van der Waals surface area contributed by atoms with Crippen molar-refractivity contribution in [2.45, 2.75) is 0 Å². The number of hydrogen-bond acceptors (Lipinski definition) is 2. The van der Waals surface area contributed by atoms with Crippen LogP contribution in [0.4, 0.5) is 11.4 Å². The number of para-hydroxylation sites is 2. The van der Waals surface area contributed by atoms with Gasteiger partial charge in [0.25, 0.3) is 0 Å². The highest BCUT2D eigenvalue weighted by Crippen LogP contribution is 2.45. The third-order valence-corrected chi connectivity index (χ3v) is 4.87. The monoisotopic (exact) mass is 320 g/mol. The third-order valence-electron chi connectivity index (χ3n) is 4.87. The molecular formula is C14H22Cl2N2O2. The van der Waals surface area contributed by atoms with E-state index in [2.05, 4.69) is 24.3 Å². The summed E-state index contributed by atoms with van der Waals surface area (Å²) in [6.07, 6.45) is 0. The Bertz CT molecular complexity index is 408. The Morgan fingerprint density at radius 2 is 1.10 bits per heavy atom. The summed E-state index contributed by atoms with van der Waals surface area (Å²) in [7, 11) is 0. The third kappa shape index (κ3) is 2.45. The first-order valence-corrected chi connectivity index (χ1v) is 6.80. The topological polar surface area (TPSA) is 40.5 Å². The van der Waals surface area contributed by atoms with Crippen LogP contribution in [0.25, 0.3) is 0 Å². The summed E-state index contributed by atoms with van der Waals surface area (Å²) in [5, 5.41) is 18.7. The minimum Gasteiger partial charge on any atom is -1.00 e. The summed E-state index contributed by atoms with van der Waals surface area (Å²) < 4.78 is 1.86. The second-order valence-electron chi connectivity index (χ2n) is 5.57. The Kier molecular flexibility index (Phi) is 5.84. The van der Waals surface area contributed by atoms with Gasteiger partial charge in [0.2, 0.25) is 0 Å². The number of halogens is 2. The highest BCUT2D eigenvalue weighted by Gasteiger charge is 2.53. The van der Waals surface area contributed by atoms with E-state index in [1.165, 1.54) is 11.4 Å². The lowest BCUT2D eigenvalue weighted by molar-refractivity contribution is -0.00100. The normalized spacial score (nSPS) is 30.1. The average Bonchev–Trinajstić information content (AvgIpc) is 2.42. The number of fused-ring (bicyclic) bond motifs is 2. The van der Waals surface area contributed by atoms with Crippen LogP contribution >= 0.6 is 0 Å². The van der Waals surface area contributed by atoms with Gasteiger partial charge in [-0.1, -0.05) is 12.1 Å². The van der Waals surface area contributed by atoms with E-state index >= 15 is 0 Å². The van der Waals surface area contributed by atoms with Crippen molar-refractivity contribution >= 4 is 11.4 Å². The fourth-order valence-corrected chi connectivity index (χ4v) is 3.81. The van der Waals surface area contributed by atoms with Gasteiger partial charge in [-0.3, -0.25) is 8.97 Å². The van der Waals surface area contributed by atoms with E-state index in [0.717, 1.165) is 48.2 Å². The number of rotatable bonds is 4. The molecule has 1 aromatic rings. The molecule has 4 nitrogen and oxygen atoms in total. The Hall–Kier alpha value is -0.360. The molecule has 0 radical (unpaired) electrons. The average molecular weight is 321 g/mol. The summed E-state index contributed by atoms with van der Waals surface area (Å²) in [5.74, 6) is 0. The van der Waals surface area contributed by atoms with Gasteiger partial charge in [-0.15, -0.1) is 0 Å². The molecule has 0 atom stereocenters. The first kappa shape index (κ1) is 17.7. The quantitative estimate of drug-likeness (QED) is 0.543. The van der Waals surface area contributed by atoms with Gasteiger partial charge in [-0.25, -0.2) is 0 Å². The van der Waals surface area contributed by atoms with E-state index in [9.17, 15) is 10.2 Å². The molecule has 3 aliphatic heterocycles. The molecule has 0 spiro atoms. The van der Waals surface area contributed by atoms with Gasteiger partial charge in [-0.05, 0) is 0 Å². The molecule has 3 aliphatic rings. The van der Waals surface area contributed by atoms with Crippen LogP contribution in [0, 0.1) is 0 Å². The van der Waals surface area contributed by atoms with Crippen LogP contribution in [0.2, 0.25) is 0 Å². The van der Waals surface area contributed by atoms with Crippen molar-refractivity contribution in [3.63, 3.8) is 0 Å². The summed E-state index contributed by atoms with van der Waals surface area (Å²) in [4.78, 5) is 0. The maximum Gasteiger partial charge on any atom is 0.194 e. The van der Waals surface area contributed by atoms with E-state index in [1.54, 1.807) is 0 Å². The molecule has 6 heteroatoms. The molecule has 2 N–H and O–H groups in total. The molecule has 1 aromatic carbocycles.